The second-order valence-electron chi connectivity index (χ2n) is 4.58. The Balaban J connectivity index is 2.20. The molecule has 17 heavy (non-hydrogen) atoms. The zero-order valence-electron chi connectivity index (χ0n) is 10.8. The maximum atomic E-state index is 5.59. The summed E-state index contributed by atoms with van der Waals surface area (Å²) in [5.41, 5.74) is 2.54. The Morgan fingerprint density at radius 3 is 2.88 bits per heavy atom. The molecule has 0 aromatic heterocycles. The Morgan fingerprint density at radius 2 is 2.24 bits per heavy atom. The first-order valence-electron chi connectivity index (χ1n) is 6.25. The lowest BCUT2D eigenvalue weighted by Gasteiger charge is -2.29. The average molecular weight is 235 g/mol. The summed E-state index contributed by atoms with van der Waals surface area (Å²) in [6.45, 7) is 5.85. The quantitative estimate of drug-likeness (QED) is 0.872. The lowest BCUT2D eigenvalue weighted by Crippen LogP contribution is -2.41. The van der Waals surface area contributed by atoms with Crippen LogP contribution >= 0.6 is 0 Å². The molecule has 0 radical (unpaired) electrons. The molecule has 0 spiro atoms. The van der Waals surface area contributed by atoms with Gasteiger partial charge in [0.05, 0.1) is 26.4 Å². The predicted molar refractivity (Wildman–Crippen MR) is 68.5 cm³/mol. The number of methoxy groups -OCH3 is 1. The van der Waals surface area contributed by atoms with Crippen LogP contribution in [0.25, 0.3) is 0 Å². The summed E-state index contributed by atoms with van der Waals surface area (Å²) in [6.07, 6.45) is 0.986. The van der Waals surface area contributed by atoms with Crippen LogP contribution in [0.2, 0.25) is 0 Å². The summed E-state index contributed by atoms with van der Waals surface area (Å²) in [6, 6.07) is 7.11. The molecule has 1 fully saturated rings. The van der Waals surface area contributed by atoms with E-state index in [1.54, 1.807) is 7.11 Å². The van der Waals surface area contributed by atoms with Crippen molar-refractivity contribution in [1.29, 1.82) is 0 Å². The van der Waals surface area contributed by atoms with Crippen molar-refractivity contribution in [3.05, 3.63) is 29.3 Å². The van der Waals surface area contributed by atoms with Crippen molar-refractivity contribution < 1.29 is 9.47 Å². The minimum Gasteiger partial charge on any atom is -0.496 e. The number of aryl methyl sites for hydroxylation is 1. The second-order valence-corrected chi connectivity index (χ2v) is 4.58. The van der Waals surface area contributed by atoms with Crippen molar-refractivity contribution in [2.24, 2.45) is 0 Å². The number of hydrogen-bond donors (Lipinski definition) is 1. The second kappa shape index (κ2) is 5.52. The van der Waals surface area contributed by atoms with E-state index in [1.165, 1.54) is 11.1 Å². The van der Waals surface area contributed by atoms with Crippen LogP contribution in [0.3, 0.4) is 0 Å². The molecule has 0 aliphatic carbocycles. The van der Waals surface area contributed by atoms with Crippen molar-refractivity contribution in [3.63, 3.8) is 0 Å². The fourth-order valence-electron chi connectivity index (χ4n) is 2.29. The SMILES string of the molecule is CCc1cc(C2COCC(C)N2)ccc1OC. The van der Waals surface area contributed by atoms with Crippen LogP contribution in [0, 0.1) is 0 Å². The van der Waals surface area contributed by atoms with E-state index in [4.69, 9.17) is 9.47 Å². The number of nitrogens with one attached hydrogen (secondary N) is 1. The Bertz CT molecular complexity index is 378. The normalized spacial score (nSPS) is 24.6. The maximum Gasteiger partial charge on any atom is 0.122 e. The van der Waals surface area contributed by atoms with Crippen molar-refractivity contribution in [3.8, 4) is 5.75 Å². The van der Waals surface area contributed by atoms with Crippen LogP contribution in [-0.2, 0) is 11.2 Å². The molecular weight excluding hydrogens is 214 g/mol. The molecular formula is C14H21NO2. The summed E-state index contributed by atoms with van der Waals surface area (Å²) in [7, 11) is 1.72. The van der Waals surface area contributed by atoms with Crippen molar-refractivity contribution >= 4 is 0 Å². The maximum absolute atomic E-state index is 5.59. The number of hydrogen-bond acceptors (Lipinski definition) is 3. The Morgan fingerprint density at radius 1 is 1.41 bits per heavy atom. The molecule has 3 heteroatoms. The number of ether oxygens (including phenoxy) is 2. The molecule has 0 saturated carbocycles. The monoisotopic (exact) mass is 235 g/mol. The molecule has 1 saturated heterocycles. The molecule has 1 N–H and O–H groups in total. The Labute approximate surface area is 103 Å². The first kappa shape index (κ1) is 12.4. The molecule has 2 rings (SSSR count). The van der Waals surface area contributed by atoms with E-state index >= 15 is 0 Å². The van der Waals surface area contributed by atoms with E-state index in [2.05, 4.69) is 37.4 Å². The van der Waals surface area contributed by atoms with Crippen LogP contribution < -0.4 is 10.1 Å². The summed E-state index contributed by atoms with van der Waals surface area (Å²) < 4.78 is 10.9. The highest BCUT2D eigenvalue weighted by Crippen LogP contribution is 2.25. The molecule has 94 valence electrons. The van der Waals surface area contributed by atoms with Gasteiger partial charge >= 0.3 is 0 Å². The topological polar surface area (TPSA) is 30.5 Å². The van der Waals surface area contributed by atoms with Gasteiger partial charge in [-0.25, -0.2) is 0 Å². The fraction of sp³-hybridized carbons (Fsp3) is 0.571. The first-order chi connectivity index (χ1) is 8.24. The molecule has 2 unspecified atom stereocenters. The van der Waals surface area contributed by atoms with Gasteiger partial charge < -0.3 is 14.8 Å². The van der Waals surface area contributed by atoms with E-state index < -0.39 is 0 Å². The smallest absolute Gasteiger partial charge is 0.122 e. The third kappa shape index (κ3) is 2.79. The van der Waals surface area contributed by atoms with E-state index in [0.717, 1.165) is 25.4 Å². The molecule has 1 aromatic rings. The largest absolute Gasteiger partial charge is 0.496 e. The third-order valence-corrected chi connectivity index (χ3v) is 3.23. The lowest BCUT2D eigenvalue weighted by atomic mass is 10.0. The number of morpholine rings is 1. The van der Waals surface area contributed by atoms with Gasteiger partial charge in [-0.3, -0.25) is 0 Å². The van der Waals surface area contributed by atoms with Crippen LogP contribution in [0.5, 0.6) is 5.75 Å². The molecule has 1 heterocycles. The van der Waals surface area contributed by atoms with E-state index in [0.29, 0.717) is 12.1 Å². The van der Waals surface area contributed by atoms with Crippen molar-refractivity contribution in [1.82, 2.24) is 5.32 Å². The summed E-state index contributed by atoms with van der Waals surface area (Å²) in [4.78, 5) is 0. The van der Waals surface area contributed by atoms with Gasteiger partial charge in [0.1, 0.15) is 5.75 Å². The van der Waals surface area contributed by atoms with Crippen LogP contribution in [0.1, 0.15) is 31.0 Å². The average Bonchev–Trinajstić information content (AvgIpc) is 2.38. The molecule has 3 nitrogen and oxygen atoms in total. The molecule has 1 aromatic carbocycles. The van der Waals surface area contributed by atoms with Gasteiger partial charge in [0.2, 0.25) is 0 Å². The number of rotatable bonds is 3. The highest BCUT2D eigenvalue weighted by Gasteiger charge is 2.20. The van der Waals surface area contributed by atoms with E-state index in [9.17, 15) is 0 Å². The highest BCUT2D eigenvalue weighted by molar-refractivity contribution is 5.38. The Hall–Kier alpha value is -1.06. The zero-order valence-corrected chi connectivity index (χ0v) is 10.8. The van der Waals surface area contributed by atoms with Gasteiger partial charge in [-0.2, -0.15) is 0 Å². The molecule has 1 aliphatic rings. The summed E-state index contributed by atoms with van der Waals surface area (Å²) >= 11 is 0. The van der Waals surface area contributed by atoms with Gasteiger partial charge in [-0.05, 0) is 30.5 Å². The number of benzene rings is 1. The predicted octanol–water partition coefficient (Wildman–Crippen LogP) is 2.31. The van der Waals surface area contributed by atoms with Gasteiger partial charge in [0.15, 0.2) is 0 Å². The zero-order chi connectivity index (χ0) is 12.3. The van der Waals surface area contributed by atoms with Gasteiger partial charge in [-0.15, -0.1) is 0 Å². The molecule has 0 amide bonds. The Kier molecular flexibility index (Phi) is 4.02. The first-order valence-corrected chi connectivity index (χ1v) is 6.25. The molecule has 1 aliphatic heterocycles. The van der Waals surface area contributed by atoms with E-state index in [-0.39, 0.29) is 0 Å². The lowest BCUT2D eigenvalue weighted by molar-refractivity contribution is 0.0503. The van der Waals surface area contributed by atoms with Crippen molar-refractivity contribution in [2.75, 3.05) is 20.3 Å². The summed E-state index contributed by atoms with van der Waals surface area (Å²) in [5, 5.41) is 3.56. The van der Waals surface area contributed by atoms with Gasteiger partial charge in [-0.1, -0.05) is 19.1 Å². The minimum atomic E-state index is 0.301. The van der Waals surface area contributed by atoms with Gasteiger partial charge in [0, 0.05) is 6.04 Å². The fourth-order valence-corrected chi connectivity index (χ4v) is 2.29. The van der Waals surface area contributed by atoms with E-state index in [1.807, 2.05) is 0 Å². The molecule has 2 atom stereocenters. The standard InChI is InChI=1S/C14H21NO2/c1-4-11-7-12(5-6-14(11)16-3)13-9-17-8-10(2)15-13/h5-7,10,13,15H,4,8-9H2,1-3H3. The minimum absolute atomic E-state index is 0.301. The van der Waals surface area contributed by atoms with Crippen LogP contribution in [-0.4, -0.2) is 26.4 Å². The van der Waals surface area contributed by atoms with Crippen LogP contribution in [0.15, 0.2) is 18.2 Å². The summed E-state index contributed by atoms with van der Waals surface area (Å²) in [5.74, 6) is 0.973. The van der Waals surface area contributed by atoms with Gasteiger partial charge in [0.25, 0.3) is 0 Å². The van der Waals surface area contributed by atoms with Crippen LogP contribution in [0.4, 0.5) is 0 Å². The highest BCUT2D eigenvalue weighted by atomic mass is 16.5. The molecule has 0 bridgehead atoms. The third-order valence-electron chi connectivity index (χ3n) is 3.23. The van der Waals surface area contributed by atoms with Crippen molar-refractivity contribution in [2.45, 2.75) is 32.4 Å².